The van der Waals surface area contributed by atoms with E-state index >= 15 is 0 Å². The Balaban J connectivity index is 0.00000192. The van der Waals surface area contributed by atoms with Crippen molar-refractivity contribution in [3.63, 3.8) is 0 Å². The normalized spacial score (nSPS) is 13.8. The van der Waals surface area contributed by atoms with Crippen LogP contribution in [0, 0.1) is 0 Å². The summed E-state index contributed by atoms with van der Waals surface area (Å²) in [6, 6.07) is 9.77. The quantitative estimate of drug-likeness (QED) is 0.938. The van der Waals surface area contributed by atoms with Gasteiger partial charge in [0.25, 0.3) is 5.91 Å². The van der Waals surface area contributed by atoms with Crippen LogP contribution in [0.4, 0.5) is 5.69 Å². The maximum Gasteiger partial charge on any atom is 0.255 e. The molecular formula is C18H22ClN3O. The van der Waals surface area contributed by atoms with Crippen LogP contribution in [0.5, 0.6) is 0 Å². The van der Waals surface area contributed by atoms with Gasteiger partial charge in [-0.15, -0.1) is 12.4 Å². The van der Waals surface area contributed by atoms with Gasteiger partial charge in [-0.05, 0) is 42.8 Å². The number of amides is 1. The van der Waals surface area contributed by atoms with Crippen LogP contribution >= 0.6 is 12.4 Å². The summed E-state index contributed by atoms with van der Waals surface area (Å²) < 4.78 is 0. The molecule has 1 N–H and O–H groups in total. The average molecular weight is 332 g/mol. The van der Waals surface area contributed by atoms with Gasteiger partial charge in [0.2, 0.25) is 0 Å². The monoisotopic (exact) mass is 331 g/mol. The van der Waals surface area contributed by atoms with Gasteiger partial charge in [0, 0.05) is 30.8 Å². The first-order valence-corrected chi connectivity index (χ1v) is 7.72. The second kappa shape index (κ2) is 7.57. The molecule has 0 saturated heterocycles. The van der Waals surface area contributed by atoms with Crippen LogP contribution in [-0.4, -0.2) is 29.4 Å². The summed E-state index contributed by atoms with van der Waals surface area (Å²) in [7, 11) is 2.10. The molecule has 0 unspecified atom stereocenters. The fraction of sp³-hybridized carbons (Fsp3) is 0.333. The molecule has 1 aromatic heterocycles. The number of pyridine rings is 1. The highest BCUT2D eigenvalue weighted by atomic mass is 35.5. The summed E-state index contributed by atoms with van der Waals surface area (Å²) in [5, 5.41) is 2.94. The molecule has 0 fully saturated rings. The van der Waals surface area contributed by atoms with Crippen LogP contribution in [0.3, 0.4) is 0 Å². The van der Waals surface area contributed by atoms with Crippen molar-refractivity contribution in [2.75, 3.05) is 18.9 Å². The van der Waals surface area contributed by atoms with E-state index in [9.17, 15) is 4.79 Å². The first-order valence-electron chi connectivity index (χ1n) is 7.72. The minimum absolute atomic E-state index is 0. The first kappa shape index (κ1) is 17.4. The molecule has 4 nitrogen and oxygen atoms in total. The Labute approximate surface area is 143 Å². The van der Waals surface area contributed by atoms with E-state index in [1.165, 1.54) is 11.1 Å². The smallest absolute Gasteiger partial charge is 0.255 e. The van der Waals surface area contributed by atoms with Gasteiger partial charge in [0.05, 0.1) is 11.9 Å². The number of aryl methyl sites for hydroxylation is 1. The predicted molar refractivity (Wildman–Crippen MR) is 95.3 cm³/mol. The van der Waals surface area contributed by atoms with E-state index in [1.807, 2.05) is 30.3 Å². The number of carbonyl (C=O) groups is 1. The molecule has 1 aromatic carbocycles. The fourth-order valence-corrected chi connectivity index (χ4v) is 2.73. The Hall–Kier alpha value is -1.91. The van der Waals surface area contributed by atoms with E-state index in [4.69, 9.17) is 0 Å². The number of hydrogen-bond acceptors (Lipinski definition) is 3. The number of rotatable bonds is 3. The van der Waals surface area contributed by atoms with Gasteiger partial charge in [-0.3, -0.25) is 9.78 Å². The zero-order valence-electron chi connectivity index (χ0n) is 13.5. The van der Waals surface area contributed by atoms with E-state index < -0.39 is 0 Å². The lowest BCUT2D eigenvalue weighted by Crippen LogP contribution is -2.27. The van der Waals surface area contributed by atoms with E-state index in [2.05, 4.69) is 29.2 Å². The molecule has 0 spiro atoms. The minimum atomic E-state index is -0.0893. The molecule has 2 heterocycles. The molecule has 1 amide bonds. The number of likely N-dealkylation sites (N-methyl/N-ethyl adjacent to an activating group) is 1. The third kappa shape index (κ3) is 4.09. The van der Waals surface area contributed by atoms with Crippen molar-refractivity contribution in [1.82, 2.24) is 9.88 Å². The third-order valence-corrected chi connectivity index (χ3v) is 4.11. The number of anilines is 1. The molecular weight excluding hydrogens is 310 g/mol. The van der Waals surface area contributed by atoms with E-state index in [1.54, 1.807) is 6.20 Å². The average Bonchev–Trinajstić information content (AvgIpc) is 2.54. The van der Waals surface area contributed by atoms with Crippen molar-refractivity contribution in [1.29, 1.82) is 0 Å². The summed E-state index contributed by atoms with van der Waals surface area (Å²) in [6.45, 7) is 4.03. The van der Waals surface area contributed by atoms with Crippen LogP contribution in [0.25, 0.3) is 0 Å². The van der Waals surface area contributed by atoms with Gasteiger partial charge in [0.15, 0.2) is 0 Å². The second-order valence-corrected chi connectivity index (χ2v) is 5.82. The molecule has 1 aliphatic rings. The highest BCUT2D eigenvalue weighted by Gasteiger charge is 2.15. The van der Waals surface area contributed by atoms with Crippen molar-refractivity contribution in [2.24, 2.45) is 0 Å². The largest absolute Gasteiger partial charge is 0.321 e. The van der Waals surface area contributed by atoms with Crippen LogP contribution in [0.15, 0.2) is 36.5 Å². The molecule has 0 saturated carbocycles. The number of carbonyl (C=O) groups excluding carboxylic acids is 1. The number of fused-ring (bicyclic) bond motifs is 1. The molecule has 0 bridgehead atoms. The van der Waals surface area contributed by atoms with Crippen molar-refractivity contribution in [3.8, 4) is 0 Å². The van der Waals surface area contributed by atoms with Crippen molar-refractivity contribution in [3.05, 3.63) is 58.9 Å². The van der Waals surface area contributed by atoms with Gasteiger partial charge in [-0.2, -0.15) is 0 Å². The standard InChI is InChI=1S/C18H21N3O.ClH/c1-3-13-4-6-14(7-5-13)18(22)20-16-10-15-12-21(2)9-8-17(15)19-11-16;/h4-7,10-11H,3,8-9,12H2,1-2H3,(H,20,22);1H. The second-order valence-electron chi connectivity index (χ2n) is 5.82. The van der Waals surface area contributed by atoms with Gasteiger partial charge in [0.1, 0.15) is 0 Å². The number of aromatic nitrogens is 1. The first-order chi connectivity index (χ1) is 10.7. The van der Waals surface area contributed by atoms with Crippen molar-refractivity contribution < 1.29 is 4.79 Å². The molecule has 0 radical (unpaired) electrons. The van der Waals surface area contributed by atoms with Crippen LogP contribution in [0.1, 0.15) is 34.1 Å². The van der Waals surface area contributed by atoms with E-state index in [0.717, 1.165) is 37.3 Å². The zero-order valence-corrected chi connectivity index (χ0v) is 14.3. The molecule has 2 aromatic rings. The molecule has 1 aliphatic heterocycles. The molecule has 23 heavy (non-hydrogen) atoms. The topological polar surface area (TPSA) is 45.2 Å². The highest BCUT2D eigenvalue weighted by Crippen LogP contribution is 2.20. The summed E-state index contributed by atoms with van der Waals surface area (Å²) >= 11 is 0. The molecule has 0 aliphatic carbocycles. The maximum atomic E-state index is 12.3. The Morgan fingerprint density at radius 3 is 2.74 bits per heavy atom. The lowest BCUT2D eigenvalue weighted by molar-refractivity contribution is 0.102. The Kier molecular flexibility index (Phi) is 5.74. The predicted octanol–water partition coefficient (Wildman–Crippen LogP) is 3.31. The van der Waals surface area contributed by atoms with Gasteiger partial charge in [-0.1, -0.05) is 19.1 Å². The lowest BCUT2D eigenvalue weighted by Gasteiger charge is -2.24. The van der Waals surface area contributed by atoms with Crippen LogP contribution in [-0.2, 0) is 19.4 Å². The summed E-state index contributed by atoms with van der Waals surface area (Å²) in [6.07, 6.45) is 3.70. The lowest BCUT2D eigenvalue weighted by atomic mass is 10.1. The summed E-state index contributed by atoms with van der Waals surface area (Å²) in [5.41, 5.74) is 5.01. The number of nitrogens with zero attached hydrogens (tertiary/aromatic N) is 2. The molecule has 0 atom stereocenters. The number of halogens is 1. The Morgan fingerprint density at radius 2 is 2.04 bits per heavy atom. The molecule has 5 heteroatoms. The van der Waals surface area contributed by atoms with Gasteiger partial charge >= 0.3 is 0 Å². The van der Waals surface area contributed by atoms with Gasteiger partial charge < -0.3 is 10.2 Å². The number of hydrogen-bond donors (Lipinski definition) is 1. The minimum Gasteiger partial charge on any atom is -0.321 e. The number of benzene rings is 1. The fourth-order valence-electron chi connectivity index (χ4n) is 2.73. The summed E-state index contributed by atoms with van der Waals surface area (Å²) in [5.74, 6) is -0.0893. The Bertz CT molecular complexity index is 685. The number of nitrogens with one attached hydrogen (secondary N) is 1. The van der Waals surface area contributed by atoms with Gasteiger partial charge in [-0.25, -0.2) is 0 Å². The van der Waals surface area contributed by atoms with E-state index in [0.29, 0.717) is 5.56 Å². The highest BCUT2D eigenvalue weighted by molar-refractivity contribution is 6.04. The van der Waals surface area contributed by atoms with Crippen LogP contribution < -0.4 is 5.32 Å². The molecule has 122 valence electrons. The van der Waals surface area contributed by atoms with Crippen molar-refractivity contribution in [2.45, 2.75) is 26.3 Å². The molecule has 3 rings (SSSR count). The maximum absolute atomic E-state index is 12.3. The van der Waals surface area contributed by atoms with Crippen molar-refractivity contribution >= 4 is 24.0 Å². The summed E-state index contributed by atoms with van der Waals surface area (Å²) in [4.78, 5) is 19.0. The third-order valence-electron chi connectivity index (χ3n) is 4.11. The van der Waals surface area contributed by atoms with Crippen LogP contribution in [0.2, 0.25) is 0 Å². The zero-order chi connectivity index (χ0) is 15.5. The Morgan fingerprint density at radius 1 is 1.30 bits per heavy atom. The SMILES string of the molecule is CCc1ccc(C(=O)Nc2cnc3c(c2)CN(C)CC3)cc1.Cl. The van der Waals surface area contributed by atoms with E-state index in [-0.39, 0.29) is 18.3 Å².